The third kappa shape index (κ3) is 3.80. The van der Waals surface area contributed by atoms with Gasteiger partial charge in [0, 0.05) is 18.1 Å². The molecule has 0 bridgehead atoms. The molecule has 0 amide bonds. The van der Waals surface area contributed by atoms with Crippen LogP contribution >= 0.6 is 12.4 Å². The van der Waals surface area contributed by atoms with E-state index in [0.29, 0.717) is 6.54 Å². The van der Waals surface area contributed by atoms with Crippen molar-refractivity contribution in [3.63, 3.8) is 0 Å². The largest absolute Gasteiger partial charge is 0.483 e. The lowest BCUT2D eigenvalue weighted by molar-refractivity contribution is -0.386. The number of rotatable bonds is 4. The Morgan fingerprint density at radius 3 is 2.75 bits per heavy atom. The van der Waals surface area contributed by atoms with Crippen molar-refractivity contribution >= 4 is 18.1 Å². The van der Waals surface area contributed by atoms with Gasteiger partial charge in [-0.2, -0.15) is 0 Å². The molecule has 1 aromatic rings. The first-order valence-corrected chi connectivity index (χ1v) is 6.42. The van der Waals surface area contributed by atoms with E-state index in [1.54, 1.807) is 0 Å². The zero-order valence-electron chi connectivity index (χ0n) is 11.0. The van der Waals surface area contributed by atoms with Gasteiger partial charge in [-0.15, -0.1) is 12.4 Å². The maximum Gasteiger partial charge on any atom is 0.311 e. The molecule has 7 heteroatoms. The number of nitro groups is 1. The van der Waals surface area contributed by atoms with Crippen molar-refractivity contribution in [2.45, 2.75) is 31.8 Å². The summed E-state index contributed by atoms with van der Waals surface area (Å²) in [5.41, 5.74) is 5.48. The summed E-state index contributed by atoms with van der Waals surface area (Å²) in [5.74, 6) is -0.368. The highest BCUT2D eigenvalue weighted by Crippen LogP contribution is 2.33. The van der Waals surface area contributed by atoms with Gasteiger partial charge in [0.2, 0.25) is 0 Å². The first-order valence-electron chi connectivity index (χ1n) is 6.42. The van der Waals surface area contributed by atoms with Gasteiger partial charge < -0.3 is 10.5 Å². The topological polar surface area (TPSA) is 78.4 Å². The highest BCUT2D eigenvalue weighted by atomic mass is 35.5. The summed E-state index contributed by atoms with van der Waals surface area (Å²) >= 11 is 0. The molecule has 0 saturated heterocycles. The number of hydrogen-bond acceptors (Lipinski definition) is 4. The van der Waals surface area contributed by atoms with E-state index < -0.39 is 10.7 Å². The van der Waals surface area contributed by atoms with E-state index >= 15 is 0 Å². The summed E-state index contributed by atoms with van der Waals surface area (Å²) in [6, 6.07) is 3.26. The van der Waals surface area contributed by atoms with Crippen molar-refractivity contribution < 1.29 is 14.1 Å². The Morgan fingerprint density at radius 1 is 1.40 bits per heavy atom. The Kier molecular flexibility index (Phi) is 6.16. The van der Waals surface area contributed by atoms with Crippen LogP contribution < -0.4 is 10.5 Å². The van der Waals surface area contributed by atoms with Gasteiger partial charge in [0.15, 0.2) is 5.75 Å². The van der Waals surface area contributed by atoms with Gasteiger partial charge in [0.1, 0.15) is 11.9 Å². The molecule has 2 atom stereocenters. The number of hydrogen-bond donors (Lipinski definition) is 1. The van der Waals surface area contributed by atoms with Gasteiger partial charge >= 0.3 is 5.69 Å². The molecule has 1 aliphatic rings. The monoisotopic (exact) mass is 304 g/mol. The van der Waals surface area contributed by atoms with Crippen molar-refractivity contribution in [3.8, 4) is 5.75 Å². The molecule has 20 heavy (non-hydrogen) atoms. The average Bonchev–Trinajstić information content (AvgIpc) is 2.39. The van der Waals surface area contributed by atoms with Crippen LogP contribution in [0.1, 0.15) is 25.7 Å². The smallest absolute Gasteiger partial charge is 0.311 e. The lowest BCUT2D eigenvalue weighted by atomic mass is 9.86. The fourth-order valence-electron chi connectivity index (χ4n) is 2.49. The number of nitrogens with zero attached hydrogens (tertiary/aromatic N) is 1. The van der Waals surface area contributed by atoms with Crippen LogP contribution in [-0.2, 0) is 0 Å². The molecule has 1 aromatic carbocycles. The van der Waals surface area contributed by atoms with Crippen molar-refractivity contribution in [1.82, 2.24) is 0 Å². The summed E-state index contributed by atoms with van der Waals surface area (Å²) in [4.78, 5) is 10.3. The molecular formula is C13H18ClFN2O3. The maximum atomic E-state index is 13.2. The van der Waals surface area contributed by atoms with Crippen LogP contribution in [0, 0.1) is 21.8 Å². The Bertz CT molecular complexity index is 473. The van der Waals surface area contributed by atoms with E-state index in [1.807, 2.05) is 0 Å². The second-order valence-corrected chi connectivity index (χ2v) is 4.81. The molecule has 0 unspecified atom stereocenters. The first kappa shape index (κ1) is 16.7. The summed E-state index contributed by atoms with van der Waals surface area (Å²) < 4.78 is 18.9. The van der Waals surface area contributed by atoms with E-state index in [9.17, 15) is 14.5 Å². The van der Waals surface area contributed by atoms with E-state index in [2.05, 4.69) is 0 Å². The number of nitrogens with two attached hydrogens (primary N) is 1. The Labute approximate surface area is 122 Å². The third-order valence-electron chi connectivity index (χ3n) is 3.54. The molecule has 0 spiro atoms. The van der Waals surface area contributed by atoms with Crippen molar-refractivity contribution in [2.24, 2.45) is 11.7 Å². The van der Waals surface area contributed by atoms with Crippen LogP contribution in [0.3, 0.4) is 0 Å². The highest BCUT2D eigenvalue weighted by Gasteiger charge is 2.28. The second-order valence-electron chi connectivity index (χ2n) is 4.81. The van der Waals surface area contributed by atoms with E-state index in [1.165, 1.54) is 0 Å². The van der Waals surface area contributed by atoms with Crippen molar-refractivity contribution in [1.29, 1.82) is 0 Å². The van der Waals surface area contributed by atoms with Gasteiger partial charge in [0.25, 0.3) is 0 Å². The fraction of sp³-hybridized carbons (Fsp3) is 0.538. The van der Waals surface area contributed by atoms with Crippen LogP contribution in [0.2, 0.25) is 0 Å². The van der Waals surface area contributed by atoms with Crippen LogP contribution in [0.25, 0.3) is 0 Å². The molecule has 5 nitrogen and oxygen atoms in total. The molecule has 1 aliphatic carbocycles. The minimum absolute atomic E-state index is 0. The fourth-order valence-corrected chi connectivity index (χ4v) is 2.49. The maximum absolute atomic E-state index is 13.2. The zero-order chi connectivity index (χ0) is 13.8. The van der Waals surface area contributed by atoms with E-state index in [4.69, 9.17) is 10.5 Å². The third-order valence-corrected chi connectivity index (χ3v) is 3.54. The van der Waals surface area contributed by atoms with Crippen molar-refractivity contribution in [3.05, 3.63) is 34.1 Å². The lowest BCUT2D eigenvalue weighted by Gasteiger charge is -2.30. The van der Waals surface area contributed by atoms with Crippen LogP contribution in [-0.4, -0.2) is 17.6 Å². The Hall–Kier alpha value is -1.40. The quantitative estimate of drug-likeness (QED) is 0.685. The molecule has 1 fully saturated rings. The second kappa shape index (κ2) is 7.40. The number of ether oxygens (including phenoxy) is 1. The van der Waals surface area contributed by atoms with Gasteiger partial charge in [0.05, 0.1) is 4.92 Å². The molecule has 112 valence electrons. The molecule has 0 aromatic heterocycles. The van der Waals surface area contributed by atoms with Gasteiger partial charge in [-0.25, -0.2) is 4.39 Å². The lowest BCUT2D eigenvalue weighted by Crippen LogP contribution is -2.35. The molecule has 0 heterocycles. The minimum Gasteiger partial charge on any atom is -0.483 e. The first-order chi connectivity index (χ1) is 9.11. The summed E-state index contributed by atoms with van der Waals surface area (Å²) in [5, 5.41) is 10.9. The van der Waals surface area contributed by atoms with Crippen LogP contribution in [0.15, 0.2) is 18.2 Å². The summed E-state index contributed by atoms with van der Waals surface area (Å²) in [6.45, 7) is 0.480. The van der Waals surface area contributed by atoms with Crippen LogP contribution in [0.4, 0.5) is 10.1 Å². The predicted molar refractivity (Wildman–Crippen MR) is 75.7 cm³/mol. The molecule has 1 saturated carbocycles. The zero-order valence-corrected chi connectivity index (χ0v) is 11.8. The standard InChI is InChI=1S/C13H17FN2O3.ClH/c14-10-5-6-11(16(17)18)13(7-10)19-12-4-2-1-3-9(12)8-15;/h5-7,9,12H,1-4,8,15H2;1H/t9-,12+;/m1./s1. The number of halogens is 2. The normalized spacial score (nSPS) is 21.9. The average molecular weight is 305 g/mol. The van der Waals surface area contributed by atoms with Gasteiger partial charge in [-0.3, -0.25) is 10.1 Å². The Balaban J connectivity index is 0.00000200. The molecular weight excluding hydrogens is 287 g/mol. The van der Waals surface area contributed by atoms with Gasteiger partial charge in [-0.05, 0) is 31.9 Å². The van der Waals surface area contributed by atoms with E-state index in [0.717, 1.165) is 43.9 Å². The molecule has 2 rings (SSSR count). The summed E-state index contributed by atoms with van der Waals surface area (Å²) in [7, 11) is 0. The number of nitro benzene ring substituents is 1. The molecule has 0 radical (unpaired) electrons. The SMILES string of the molecule is Cl.NC[C@H]1CCCC[C@@H]1Oc1cc(F)ccc1[N+](=O)[O-]. The highest BCUT2D eigenvalue weighted by molar-refractivity contribution is 5.85. The predicted octanol–water partition coefficient (Wildman–Crippen LogP) is 3.05. The number of benzene rings is 1. The van der Waals surface area contributed by atoms with Crippen molar-refractivity contribution in [2.75, 3.05) is 6.54 Å². The molecule has 0 aliphatic heterocycles. The van der Waals surface area contributed by atoms with Gasteiger partial charge in [-0.1, -0.05) is 6.42 Å². The van der Waals surface area contributed by atoms with E-state index in [-0.39, 0.29) is 35.9 Å². The minimum atomic E-state index is -0.560. The Morgan fingerprint density at radius 2 is 2.10 bits per heavy atom. The molecule has 2 N–H and O–H groups in total. The summed E-state index contributed by atoms with van der Waals surface area (Å²) in [6.07, 6.45) is 3.68. The van der Waals surface area contributed by atoms with Crippen LogP contribution in [0.5, 0.6) is 5.75 Å².